The van der Waals surface area contributed by atoms with Gasteiger partial charge < -0.3 is 10.3 Å². The number of thioether (sulfide) groups is 1. The third kappa shape index (κ3) is 2.65. The number of hydrogen-bond donors (Lipinski definition) is 1. The van der Waals surface area contributed by atoms with Crippen molar-refractivity contribution in [1.29, 1.82) is 0 Å². The number of nitrogens with zero attached hydrogens (tertiary/aromatic N) is 3. The lowest BCUT2D eigenvalue weighted by atomic mass is 10.6. The summed E-state index contributed by atoms with van der Waals surface area (Å²) >= 11 is 1.000. The summed E-state index contributed by atoms with van der Waals surface area (Å²) in [5.74, 6) is 0.368. The molecule has 4 nitrogen and oxygen atoms in total. The SMILES string of the molecule is CCn1c(CN)nnc1SCC(F)F. The van der Waals surface area contributed by atoms with E-state index < -0.39 is 6.43 Å². The Bertz CT molecular complexity index is 289. The highest BCUT2D eigenvalue weighted by atomic mass is 32.2. The summed E-state index contributed by atoms with van der Waals surface area (Å²) in [6.07, 6.45) is -2.33. The minimum absolute atomic E-state index is 0.261. The van der Waals surface area contributed by atoms with Crippen LogP contribution in [-0.4, -0.2) is 26.9 Å². The maximum absolute atomic E-state index is 11.9. The van der Waals surface area contributed by atoms with E-state index in [1.807, 2.05) is 6.92 Å². The molecule has 0 unspecified atom stereocenters. The maximum atomic E-state index is 11.9. The van der Waals surface area contributed by atoms with Gasteiger partial charge in [-0.2, -0.15) is 0 Å². The molecule has 0 spiro atoms. The second kappa shape index (κ2) is 5.26. The Morgan fingerprint density at radius 3 is 2.71 bits per heavy atom. The first kappa shape index (κ1) is 11.4. The molecule has 0 bridgehead atoms. The minimum Gasteiger partial charge on any atom is -0.324 e. The van der Waals surface area contributed by atoms with Crippen LogP contribution in [0.3, 0.4) is 0 Å². The van der Waals surface area contributed by atoms with Crippen molar-refractivity contribution in [3.05, 3.63) is 5.82 Å². The van der Waals surface area contributed by atoms with E-state index in [1.165, 1.54) is 0 Å². The van der Waals surface area contributed by atoms with E-state index in [-0.39, 0.29) is 12.3 Å². The van der Waals surface area contributed by atoms with Gasteiger partial charge >= 0.3 is 0 Å². The molecule has 1 heterocycles. The molecule has 0 radical (unpaired) electrons. The molecular formula is C7H12F2N4S. The molecule has 0 atom stereocenters. The van der Waals surface area contributed by atoms with E-state index in [0.717, 1.165) is 11.8 Å². The average molecular weight is 222 g/mol. The van der Waals surface area contributed by atoms with Crippen LogP contribution in [0.25, 0.3) is 0 Å². The number of nitrogens with two attached hydrogens (primary N) is 1. The van der Waals surface area contributed by atoms with Crippen molar-refractivity contribution < 1.29 is 8.78 Å². The first-order chi connectivity index (χ1) is 6.69. The van der Waals surface area contributed by atoms with Gasteiger partial charge in [0.15, 0.2) is 5.16 Å². The van der Waals surface area contributed by atoms with Crippen molar-refractivity contribution in [3.8, 4) is 0 Å². The molecule has 7 heteroatoms. The molecule has 0 fully saturated rings. The highest BCUT2D eigenvalue weighted by Crippen LogP contribution is 2.18. The zero-order chi connectivity index (χ0) is 10.6. The fourth-order valence-electron chi connectivity index (χ4n) is 1.03. The molecule has 0 aromatic carbocycles. The lowest BCUT2D eigenvalue weighted by molar-refractivity contribution is 0.176. The summed E-state index contributed by atoms with van der Waals surface area (Å²) in [5, 5.41) is 8.11. The molecule has 14 heavy (non-hydrogen) atoms. The van der Waals surface area contributed by atoms with Gasteiger partial charge in [0.2, 0.25) is 6.43 Å². The van der Waals surface area contributed by atoms with E-state index in [4.69, 9.17) is 5.73 Å². The Kier molecular flexibility index (Phi) is 4.27. The molecule has 0 aliphatic heterocycles. The van der Waals surface area contributed by atoms with E-state index >= 15 is 0 Å². The maximum Gasteiger partial charge on any atom is 0.248 e. The van der Waals surface area contributed by atoms with Crippen LogP contribution in [-0.2, 0) is 13.1 Å². The molecule has 0 amide bonds. The Hall–Kier alpha value is -0.690. The number of alkyl halides is 2. The summed E-state index contributed by atoms with van der Waals surface area (Å²) in [7, 11) is 0. The van der Waals surface area contributed by atoms with Gasteiger partial charge in [0.1, 0.15) is 5.82 Å². The zero-order valence-corrected chi connectivity index (χ0v) is 8.60. The fraction of sp³-hybridized carbons (Fsp3) is 0.714. The zero-order valence-electron chi connectivity index (χ0n) is 7.78. The van der Waals surface area contributed by atoms with Crippen LogP contribution in [0, 0.1) is 0 Å². The van der Waals surface area contributed by atoms with Crippen LogP contribution >= 0.6 is 11.8 Å². The number of aromatic nitrogens is 3. The number of rotatable bonds is 5. The second-order valence-corrected chi connectivity index (χ2v) is 3.54. The highest BCUT2D eigenvalue weighted by Gasteiger charge is 2.12. The number of halogens is 2. The van der Waals surface area contributed by atoms with Crippen LogP contribution < -0.4 is 5.73 Å². The van der Waals surface area contributed by atoms with Crippen molar-refractivity contribution in [2.45, 2.75) is 31.6 Å². The Morgan fingerprint density at radius 1 is 1.50 bits per heavy atom. The summed E-state index contributed by atoms with van der Waals surface area (Å²) in [6.45, 7) is 2.82. The van der Waals surface area contributed by atoms with Crippen LogP contribution in [0.15, 0.2) is 5.16 Å². The predicted molar refractivity (Wildman–Crippen MR) is 50.3 cm³/mol. The monoisotopic (exact) mass is 222 g/mol. The largest absolute Gasteiger partial charge is 0.324 e. The summed E-state index contributed by atoms with van der Waals surface area (Å²) < 4.78 is 25.6. The molecule has 1 rings (SSSR count). The third-order valence-corrected chi connectivity index (χ3v) is 2.61. The molecule has 1 aromatic heterocycles. The highest BCUT2D eigenvalue weighted by molar-refractivity contribution is 7.99. The molecule has 0 saturated heterocycles. The van der Waals surface area contributed by atoms with E-state index in [9.17, 15) is 8.78 Å². The molecular weight excluding hydrogens is 210 g/mol. The fourth-order valence-corrected chi connectivity index (χ4v) is 1.80. The van der Waals surface area contributed by atoms with Gasteiger partial charge in [-0.3, -0.25) is 0 Å². The minimum atomic E-state index is -2.33. The van der Waals surface area contributed by atoms with Crippen LogP contribution in [0.2, 0.25) is 0 Å². The Labute approximate surface area is 84.9 Å². The molecule has 1 aromatic rings. The van der Waals surface area contributed by atoms with Crippen LogP contribution in [0.5, 0.6) is 0 Å². The van der Waals surface area contributed by atoms with Crippen molar-refractivity contribution >= 4 is 11.8 Å². The first-order valence-electron chi connectivity index (χ1n) is 4.22. The number of hydrogen-bond acceptors (Lipinski definition) is 4. The summed E-state index contributed by atoms with van der Waals surface area (Å²) in [4.78, 5) is 0. The first-order valence-corrected chi connectivity index (χ1v) is 5.20. The van der Waals surface area contributed by atoms with Crippen molar-refractivity contribution in [2.24, 2.45) is 5.73 Å². The standard InChI is InChI=1S/C7H12F2N4S/c1-2-13-6(3-10)11-12-7(13)14-4-5(8)9/h5H,2-4,10H2,1H3. The van der Waals surface area contributed by atoms with Crippen molar-refractivity contribution in [1.82, 2.24) is 14.8 Å². The normalized spacial score (nSPS) is 11.2. The lowest BCUT2D eigenvalue weighted by Gasteiger charge is -2.04. The van der Waals surface area contributed by atoms with Gasteiger partial charge in [0.05, 0.1) is 12.3 Å². The van der Waals surface area contributed by atoms with Gasteiger partial charge in [-0.25, -0.2) is 8.78 Å². The van der Waals surface area contributed by atoms with Gasteiger partial charge in [-0.05, 0) is 6.92 Å². The summed E-state index contributed by atoms with van der Waals surface area (Å²) in [5.41, 5.74) is 5.41. The second-order valence-electron chi connectivity index (χ2n) is 2.55. The van der Waals surface area contributed by atoms with Gasteiger partial charge in [-0.1, -0.05) is 11.8 Å². The van der Waals surface area contributed by atoms with Crippen LogP contribution in [0.4, 0.5) is 8.78 Å². The molecule has 0 aliphatic rings. The van der Waals surface area contributed by atoms with Gasteiger partial charge in [-0.15, -0.1) is 10.2 Å². The molecule has 2 N–H and O–H groups in total. The van der Waals surface area contributed by atoms with E-state index in [0.29, 0.717) is 17.5 Å². The van der Waals surface area contributed by atoms with Crippen molar-refractivity contribution in [2.75, 3.05) is 5.75 Å². The van der Waals surface area contributed by atoms with Gasteiger partial charge in [0, 0.05) is 6.54 Å². The molecule has 80 valence electrons. The molecule has 0 saturated carbocycles. The smallest absolute Gasteiger partial charge is 0.248 e. The lowest BCUT2D eigenvalue weighted by Crippen LogP contribution is -2.08. The third-order valence-electron chi connectivity index (χ3n) is 1.63. The summed E-state index contributed by atoms with van der Waals surface area (Å²) in [6, 6.07) is 0. The topological polar surface area (TPSA) is 56.7 Å². The average Bonchev–Trinajstić information content (AvgIpc) is 2.56. The van der Waals surface area contributed by atoms with Crippen molar-refractivity contribution in [3.63, 3.8) is 0 Å². The Balaban J connectivity index is 2.71. The predicted octanol–water partition coefficient (Wildman–Crippen LogP) is 1.11. The van der Waals surface area contributed by atoms with Crippen LogP contribution in [0.1, 0.15) is 12.7 Å². The van der Waals surface area contributed by atoms with E-state index in [2.05, 4.69) is 10.2 Å². The van der Waals surface area contributed by atoms with Gasteiger partial charge in [0.25, 0.3) is 0 Å². The quantitative estimate of drug-likeness (QED) is 0.758. The Morgan fingerprint density at radius 2 is 2.21 bits per heavy atom. The van der Waals surface area contributed by atoms with E-state index in [1.54, 1.807) is 4.57 Å². The molecule has 0 aliphatic carbocycles.